The summed E-state index contributed by atoms with van der Waals surface area (Å²) in [6.45, 7) is 3.19. The van der Waals surface area contributed by atoms with E-state index in [0.29, 0.717) is 12.8 Å². The number of piperidine rings is 1. The van der Waals surface area contributed by atoms with Gasteiger partial charge in [-0.2, -0.15) is 4.31 Å². The molecule has 1 aliphatic rings. The minimum atomic E-state index is -3.82. The van der Waals surface area contributed by atoms with Crippen molar-refractivity contribution in [2.75, 3.05) is 11.9 Å². The molecule has 1 saturated heterocycles. The van der Waals surface area contributed by atoms with Crippen LogP contribution in [0.1, 0.15) is 26.7 Å². The van der Waals surface area contributed by atoms with Crippen molar-refractivity contribution in [1.82, 2.24) is 9.29 Å². The van der Waals surface area contributed by atoms with E-state index in [2.05, 4.69) is 10.3 Å². The van der Waals surface area contributed by atoms with E-state index in [1.165, 1.54) is 17.4 Å². The van der Waals surface area contributed by atoms with Crippen LogP contribution in [0.3, 0.4) is 0 Å². The maximum atomic E-state index is 12.7. The van der Waals surface area contributed by atoms with E-state index in [9.17, 15) is 23.1 Å². The Morgan fingerprint density at radius 1 is 1.50 bits per heavy atom. The number of nitrogens with one attached hydrogen (secondary N) is 1. The molecule has 1 aromatic heterocycles. The third kappa shape index (κ3) is 3.28. The Balaban J connectivity index is 2.27. The summed E-state index contributed by atoms with van der Waals surface area (Å²) in [5.41, 5.74) is 0. The number of hydrogen-bond acceptors (Lipinski definition) is 6. The highest BCUT2D eigenvalue weighted by atomic mass is 32.2. The summed E-state index contributed by atoms with van der Waals surface area (Å²) in [5, 5.41) is 11.8. The second-order valence-electron chi connectivity index (χ2n) is 5.11. The van der Waals surface area contributed by atoms with Crippen LogP contribution < -0.4 is 5.32 Å². The van der Waals surface area contributed by atoms with Crippen LogP contribution in [0.2, 0.25) is 0 Å². The number of carbonyl (C=O) groups excluding carboxylic acids is 1. The topological polar surface area (TPSA) is 117 Å². The predicted molar refractivity (Wildman–Crippen MR) is 80.1 cm³/mol. The molecule has 0 spiro atoms. The number of aliphatic carboxylic acids is 1. The zero-order valence-electron chi connectivity index (χ0n) is 12.1. The molecule has 10 heteroatoms. The number of sulfonamides is 1. The number of amides is 1. The molecule has 1 aliphatic heterocycles. The quantitative estimate of drug-likeness (QED) is 0.838. The van der Waals surface area contributed by atoms with Crippen LogP contribution in [0.5, 0.6) is 0 Å². The van der Waals surface area contributed by atoms with Crippen molar-refractivity contribution >= 4 is 38.4 Å². The summed E-state index contributed by atoms with van der Waals surface area (Å²) in [6, 6.07) is -0.623. The first-order valence-electron chi connectivity index (χ1n) is 6.71. The van der Waals surface area contributed by atoms with E-state index in [4.69, 9.17) is 0 Å². The van der Waals surface area contributed by atoms with E-state index in [0.717, 1.165) is 11.3 Å². The molecule has 2 heterocycles. The maximum Gasteiger partial charge on any atom is 0.308 e. The fourth-order valence-electron chi connectivity index (χ4n) is 2.48. The maximum absolute atomic E-state index is 12.7. The fourth-order valence-corrected chi connectivity index (χ4v) is 5.40. The van der Waals surface area contributed by atoms with Gasteiger partial charge >= 0.3 is 5.97 Å². The molecule has 0 aromatic carbocycles. The van der Waals surface area contributed by atoms with Gasteiger partial charge in [0.25, 0.3) is 10.0 Å². The summed E-state index contributed by atoms with van der Waals surface area (Å²) in [5.74, 6) is -2.04. The van der Waals surface area contributed by atoms with Gasteiger partial charge in [0, 0.05) is 19.5 Å². The van der Waals surface area contributed by atoms with Gasteiger partial charge in [-0.3, -0.25) is 9.59 Å². The fraction of sp³-hybridized carbons (Fsp3) is 0.583. The Labute approximate surface area is 132 Å². The molecule has 0 aliphatic carbocycles. The first-order chi connectivity index (χ1) is 10.2. The Morgan fingerprint density at radius 3 is 2.77 bits per heavy atom. The van der Waals surface area contributed by atoms with Crippen molar-refractivity contribution < 1.29 is 23.1 Å². The molecular formula is C12H17N3O5S2. The monoisotopic (exact) mass is 347 g/mol. The van der Waals surface area contributed by atoms with E-state index < -0.39 is 28.0 Å². The molecule has 1 fully saturated rings. The highest BCUT2D eigenvalue weighted by Crippen LogP contribution is 2.32. The molecule has 0 saturated carbocycles. The van der Waals surface area contributed by atoms with Gasteiger partial charge in [-0.15, -0.1) is 0 Å². The number of carboxylic acid groups (broad SMARTS) is 1. The van der Waals surface area contributed by atoms with Crippen molar-refractivity contribution in [2.45, 2.75) is 36.9 Å². The van der Waals surface area contributed by atoms with Crippen LogP contribution in [0, 0.1) is 5.92 Å². The molecule has 2 rings (SSSR count). The van der Waals surface area contributed by atoms with E-state index in [1.807, 2.05) is 0 Å². The minimum Gasteiger partial charge on any atom is -0.481 e. The molecule has 1 aromatic rings. The number of anilines is 1. The average Bonchev–Trinajstić information content (AvgIpc) is 2.86. The van der Waals surface area contributed by atoms with Crippen LogP contribution >= 0.6 is 11.3 Å². The SMILES string of the molecule is CC(=O)Nc1ncc(S(=O)(=O)N2CCC[C@@H](C(=O)O)[C@H]2C)s1. The van der Waals surface area contributed by atoms with Gasteiger partial charge in [0.2, 0.25) is 5.91 Å². The molecule has 0 radical (unpaired) electrons. The van der Waals surface area contributed by atoms with Gasteiger partial charge in [0.1, 0.15) is 0 Å². The molecule has 0 unspecified atom stereocenters. The summed E-state index contributed by atoms with van der Waals surface area (Å²) < 4.78 is 26.5. The van der Waals surface area contributed by atoms with Crippen LogP contribution in [0.4, 0.5) is 5.13 Å². The summed E-state index contributed by atoms with van der Waals surface area (Å²) in [7, 11) is -3.82. The van der Waals surface area contributed by atoms with Crippen LogP contribution in [-0.4, -0.2) is 47.3 Å². The lowest BCUT2D eigenvalue weighted by atomic mass is 9.92. The molecule has 1 amide bonds. The number of carboxylic acids is 1. The van der Waals surface area contributed by atoms with E-state index in [1.54, 1.807) is 6.92 Å². The Hall–Kier alpha value is -1.52. The van der Waals surface area contributed by atoms with Gasteiger partial charge in [0.05, 0.1) is 12.1 Å². The lowest BCUT2D eigenvalue weighted by molar-refractivity contribution is -0.144. The highest BCUT2D eigenvalue weighted by molar-refractivity contribution is 7.91. The predicted octanol–water partition coefficient (Wildman–Crippen LogP) is 0.975. The van der Waals surface area contributed by atoms with Crippen molar-refractivity contribution in [3.63, 3.8) is 0 Å². The lowest BCUT2D eigenvalue weighted by Crippen LogP contribution is -2.48. The van der Waals surface area contributed by atoms with Gasteiger partial charge in [-0.05, 0) is 19.8 Å². The molecule has 2 atom stereocenters. The molecule has 122 valence electrons. The first kappa shape index (κ1) is 16.8. The number of hydrogen-bond donors (Lipinski definition) is 2. The number of carbonyl (C=O) groups is 2. The second-order valence-corrected chi connectivity index (χ2v) is 8.26. The Kier molecular flexibility index (Phi) is 4.83. The van der Waals surface area contributed by atoms with Gasteiger partial charge < -0.3 is 10.4 Å². The van der Waals surface area contributed by atoms with Gasteiger partial charge in [-0.1, -0.05) is 11.3 Å². The number of rotatable bonds is 4. The number of thiazole rings is 1. The zero-order valence-corrected chi connectivity index (χ0v) is 13.8. The van der Waals surface area contributed by atoms with Crippen molar-refractivity contribution in [3.8, 4) is 0 Å². The molecule has 8 nitrogen and oxygen atoms in total. The normalized spacial score (nSPS) is 23.2. The third-order valence-electron chi connectivity index (χ3n) is 3.58. The standard InChI is InChI=1S/C12H17N3O5S2/c1-7-9(11(17)18)4-3-5-15(7)22(19,20)10-6-13-12(21-10)14-8(2)16/h6-7,9H,3-5H2,1-2H3,(H,17,18)(H,13,14,16)/t7-,9-/m1/s1. The Morgan fingerprint density at radius 2 is 2.18 bits per heavy atom. The first-order valence-corrected chi connectivity index (χ1v) is 8.97. The van der Waals surface area contributed by atoms with Gasteiger partial charge in [0.15, 0.2) is 9.34 Å². The van der Waals surface area contributed by atoms with Crippen molar-refractivity contribution in [2.24, 2.45) is 5.92 Å². The summed E-state index contributed by atoms with van der Waals surface area (Å²) in [4.78, 5) is 26.1. The average molecular weight is 347 g/mol. The van der Waals surface area contributed by atoms with Crippen LogP contribution in [0.25, 0.3) is 0 Å². The third-order valence-corrected chi connectivity index (χ3v) is 6.91. The Bertz CT molecular complexity index is 685. The van der Waals surface area contributed by atoms with Crippen LogP contribution in [0.15, 0.2) is 10.4 Å². The zero-order chi connectivity index (χ0) is 16.5. The second kappa shape index (κ2) is 6.31. The van der Waals surface area contributed by atoms with Crippen molar-refractivity contribution in [3.05, 3.63) is 6.20 Å². The summed E-state index contributed by atoms with van der Waals surface area (Å²) in [6.07, 6.45) is 2.14. The highest BCUT2D eigenvalue weighted by Gasteiger charge is 2.40. The number of nitrogens with zero attached hydrogens (tertiary/aromatic N) is 2. The van der Waals surface area contributed by atoms with Crippen LogP contribution in [-0.2, 0) is 19.6 Å². The molecule has 0 bridgehead atoms. The molecule has 22 heavy (non-hydrogen) atoms. The largest absolute Gasteiger partial charge is 0.481 e. The lowest BCUT2D eigenvalue weighted by Gasteiger charge is -2.35. The van der Waals surface area contributed by atoms with E-state index in [-0.39, 0.29) is 21.8 Å². The summed E-state index contributed by atoms with van der Waals surface area (Å²) >= 11 is 0.853. The van der Waals surface area contributed by atoms with E-state index >= 15 is 0 Å². The van der Waals surface area contributed by atoms with Gasteiger partial charge in [-0.25, -0.2) is 13.4 Å². The smallest absolute Gasteiger partial charge is 0.308 e. The van der Waals surface area contributed by atoms with Crippen molar-refractivity contribution in [1.29, 1.82) is 0 Å². The number of aromatic nitrogens is 1. The molecular weight excluding hydrogens is 330 g/mol. The minimum absolute atomic E-state index is 0.00543. The molecule has 2 N–H and O–H groups in total.